The van der Waals surface area contributed by atoms with Gasteiger partial charge in [0.1, 0.15) is 22.4 Å². The van der Waals surface area contributed by atoms with Crippen LogP contribution in [0.2, 0.25) is 0 Å². The number of hydrogen-bond acceptors (Lipinski definition) is 5. The average molecular weight is 261 g/mol. The van der Waals surface area contributed by atoms with Gasteiger partial charge in [-0.05, 0) is 22.9 Å². The maximum atomic E-state index is 9.00. The molecule has 1 aromatic rings. The number of aliphatic hydroxyl groups excluding tert-OH is 1. The molecule has 0 aromatic carbocycles. The Morgan fingerprint density at radius 2 is 2.29 bits per heavy atom. The van der Waals surface area contributed by atoms with Gasteiger partial charge in [-0.25, -0.2) is 9.97 Å². The van der Waals surface area contributed by atoms with Crippen LogP contribution in [0, 0.1) is 0 Å². The lowest BCUT2D eigenvalue weighted by Gasteiger charge is -2.25. The maximum Gasteiger partial charge on any atom is 0.148 e. The predicted octanol–water partition coefficient (Wildman–Crippen LogP) is 0.638. The van der Waals surface area contributed by atoms with Crippen LogP contribution < -0.4 is 10.6 Å². The summed E-state index contributed by atoms with van der Waals surface area (Å²) < 4.78 is 0.655. The third-order valence-electron chi connectivity index (χ3n) is 2.06. The molecule has 0 spiro atoms. The van der Waals surface area contributed by atoms with Crippen molar-refractivity contribution in [2.45, 2.75) is 13.0 Å². The zero-order chi connectivity index (χ0) is 10.7. The summed E-state index contributed by atoms with van der Waals surface area (Å²) in [5, 5.41) is 9.00. The molecule has 14 heavy (non-hydrogen) atoms. The van der Waals surface area contributed by atoms with Gasteiger partial charge in [-0.3, -0.25) is 0 Å². The lowest BCUT2D eigenvalue weighted by molar-refractivity contribution is 0.269. The highest BCUT2D eigenvalue weighted by atomic mass is 79.9. The standard InChI is InChI=1S/C8H13BrN4O/c1-5(3-14)13(2)8-6(9)7(10)11-4-12-8/h4-5,14H,3H2,1-2H3,(H2,10,11,12). The van der Waals surface area contributed by atoms with E-state index in [9.17, 15) is 0 Å². The largest absolute Gasteiger partial charge is 0.394 e. The van der Waals surface area contributed by atoms with Gasteiger partial charge >= 0.3 is 0 Å². The number of anilines is 2. The first kappa shape index (κ1) is 11.2. The Labute approximate surface area is 91.1 Å². The summed E-state index contributed by atoms with van der Waals surface area (Å²) in [4.78, 5) is 9.76. The second kappa shape index (κ2) is 4.56. The van der Waals surface area contributed by atoms with Crippen molar-refractivity contribution in [3.63, 3.8) is 0 Å². The van der Waals surface area contributed by atoms with Gasteiger partial charge in [0.05, 0.1) is 12.6 Å². The molecular weight excluding hydrogens is 248 g/mol. The number of hydrogen-bond donors (Lipinski definition) is 2. The summed E-state index contributed by atoms with van der Waals surface area (Å²) in [5.74, 6) is 1.08. The molecular formula is C8H13BrN4O. The lowest BCUT2D eigenvalue weighted by atomic mass is 10.3. The van der Waals surface area contributed by atoms with E-state index in [0.717, 1.165) is 0 Å². The molecule has 1 aromatic heterocycles. The van der Waals surface area contributed by atoms with Gasteiger partial charge in [-0.2, -0.15) is 0 Å². The minimum absolute atomic E-state index is 0.0133. The highest BCUT2D eigenvalue weighted by molar-refractivity contribution is 9.10. The Morgan fingerprint density at radius 3 is 2.86 bits per heavy atom. The minimum Gasteiger partial charge on any atom is -0.394 e. The first-order valence-corrected chi connectivity index (χ1v) is 4.97. The number of rotatable bonds is 3. The van der Waals surface area contributed by atoms with Crippen LogP contribution in [0.1, 0.15) is 6.92 Å². The fourth-order valence-corrected chi connectivity index (χ4v) is 1.44. The van der Waals surface area contributed by atoms with E-state index in [4.69, 9.17) is 10.8 Å². The highest BCUT2D eigenvalue weighted by Crippen LogP contribution is 2.27. The molecule has 1 rings (SSSR count). The second-order valence-corrected chi connectivity index (χ2v) is 3.83. The van der Waals surface area contributed by atoms with Crippen LogP contribution in [0.4, 0.5) is 11.6 Å². The molecule has 1 unspecified atom stereocenters. The molecule has 3 N–H and O–H groups in total. The van der Waals surface area contributed by atoms with Crippen molar-refractivity contribution in [2.24, 2.45) is 0 Å². The molecule has 0 saturated heterocycles. The second-order valence-electron chi connectivity index (χ2n) is 3.04. The van der Waals surface area contributed by atoms with E-state index in [1.165, 1.54) is 6.33 Å². The van der Waals surface area contributed by atoms with E-state index in [1.807, 2.05) is 18.9 Å². The lowest BCUT2D eigenvalue weighted by Crippen LogP contribution is -2.32. The summed E-state index contributed by atoms with van der Waals surface area (Å²) in [6, 6.07) is -0.0133. The number of halogens is 1. The van der Waals surface area contributed by atoms with E-state index in [0.29, 0.717) is 16.1 Å². The number of nitrogen functional groups attached to an aromatic ring is 1. The first-order chi connectivity index (χ1) is 6.57. The third kappa shape index (κ3) is 2.13. The highest BCUT2D eigenvalue weighted by Gasteiger charge is 2.14. The maximum absolute atomic E-state index is 9.00. The molecule has 5 nitrogen and oxygen atoms in total. The fraction of sp³-hybridized carbons (Fsp3) is 0.500. The van der Waals surface area contributed by atoms with Crippen molar-refractivity contribution in [3.8, 4) is 0 Å². The Hall–Kier alpha value is -0.880. The summed E-state index contributed by atoms with van der Waals surface area (Å²) in [5.41, 5.74) is 5.61. The van der Waals surface area contributed by atoms with Crippen LogP contribution in [0.15, 0.2) is 10.8 Å². The number of aromatic nitrogens is 2. The zero-order valence-corrected chi connectivity index (χ0v) is 9.69. The van der Waals surface area contributed by atoms with Crippen LogP contribution in [0.3, 0.4) is 0 Å². The molecule has 1 atom stereocenters. The predicted molar refractivity (Wildman–Crippen MR) is 59.1 cm³/mol. The monoisotopic (exact) mass is 260 g/mol. The smallest absolute Gasteiger partial charge is 0.148 e. The van der Waals surface area contributed by atoms with Crippen LogP contribution >= 0.6 is 15.9 Å². The Morgan fingerprint density at radius 1 is 1.64 bits per heavy atom. The Bertz CT molecular complexity index is 320. The molecule has 0 saturated carbocycles. The zero-order valence-electron chi connectivity index (χ0n) is 8.11. The van der Waals surface area contributed by atoms with Crippen LogP contribution in [0.5, 0.6) is 0 Å². The molecule has 0 aliphatic rings. The summed E-state index contributed by atoms with van der Waals surface area (Å²) in [6.07, 6.45) is 1.40. The number of aliphatic hydroxyl groups is 1. The summed E-state index contributed by atoms with van der Waals surface area (Å²) >= 11 is 3.30. The van der Waals surface area contributed by atoms with E-state index >= 15 is 0 Å². The summed E-state index contributed by atoms with van der Waals surface area (Å²) in [6.45, 7) is 1.96. The molecule has 78 valence electrons. The van der Waals surface area contributed by atoms with E-state index in [1.54, 1.807) is 0 Å². The van der Waals surface area contributed by atoms with Gasteiger partial charge < -0.3 is 15.7 Å². The van der Waals surface area contributed by atoms with Crippen molar-refractivity contribution in [2.75, 3.05) is 24.3 Å². The SMILES string of the molecule is CC(CO)N(C)c1ncnc(N)c1Br. The molecule has 0 radical (unpaired) electrons. The molecule has 0 aliphatic heterocycles. The van der Waals surface area contributed by atoms with Crippen molar-refractivity contribution < 1.29 is 5.11 Å². The normalized spacial score (nSPS) is 12.6. The van der Waals surface area contributed by atoms with Crippen LogP contribution in [0.25, 0.3) is 0 Å². The van der Waals surface area contributed by atoms with Crippen molar-refractivity contribution in [3.05, 3.63) is 10.8 Å². The number of nitrogens with zero attached hydrogens (tertiary/aromatic N) is 3. The van der Waals surface area contributed by atoms with Gasteiger partial charge in [-0.15, -0.1) is 0 Å². The van der Waals surface area contributed by atoms with Crippen molar-refractivity contribution >= 4 is 27.6 Å². The number of likely N-dealkylation sites (N-methyl/N-ethyl adjacent to an activating group) is 1. The third-order valence-corrected chi connectivity index (χ3v) is 2.82. The molecule has 6 heteroatoms. The van der Waals surface area contributed by atoms with Crippen LogP contribution in [-0.4, -0.2) is 34.8 Å². The van der Waals surface area contributed by atoms with E-state index in [2.05, 4.69) is 25.9 Å². The average Bonchev–Trinajstić information content (AvgIpc) is 2.20. The van der Waals surface area contributed by atoms with Gasteiger partial charge in [0.2, 0.25) is 0 Å². The molecule has 1 heterocycles. The Balaban J connectivity index is 3.01. The van der Waals surface area contributed by atoms with E-state index < -0.39 is 0 Å². The van der Waals surface area contributed by atoms with Gasteiger partial charge in [0.25, 0.3) is 0 Å². The van der Waals surface area contributed by atoms with Crippen molar-refractivity contribution in [1.82, 2.24) is 9.97 Å². The van der Waals surface area contributed by atoms with Gasteiger partial charge in [0.15, 0.2) is 0 Å². The topological polar surface area (TPSA) is 75.3 Å². The molecule has 0 fully saturated rings. The fourth-order valence-electron chi connectivity index (χ4n) is 0.951. The molecule has 0 bridgehead atoms. The first-order valence-electron chi connectivity index (χ1n) is 4.17. The van der Waals surface area contributed by atoms with Crippen molar-refractivity contribution in [1.29, 1.82) is 0 Å². The molecule has 0 amide bonds. The minimum atomic E-state index is -0.0133. The number of nitrogens with two attached hydrogens (primary N) is 1. The van der Waals surface area contributed by atoms with Crippen LogP contribution in [-0.2, 0) is 0 Å². The summed E-state index contributed by atoms with van der Waals surface area (Å²) in [7, 11) is 1.84. The van der Waals surface area contributed by atoms with Gasteiger partial charge in [-0.1, -0.05) is 0 Å². The van der Waals surface area contributed by atoms with Gasteiger partial charge in [0, 0.05) is 7.05 Å². The van der Waals surface area contributed by atoms with E-state index in [-0.39, 0.29) is 12.6 Å². The quantitative estimate of drug-likeness (QED) is 0.835. The Kier molecular flexibility index (Phi) is 3.65. The molecule has 0 aliphatic carbocycles.